The molecule has 0 aliphatic rings. The molecule has 1 N–H and O–H groups in total. The number of rotatable bonds is 8. The van der Waals surface area contributed by atoms with E-state index in [1.807, 2.05) is 30.5 Å². The molecular formula is C21H21F2N3O2S. The van der Waals surface area contributed by atoms with Gasteiger partial charge in [-0.05, 0) is 35.7 Å². The molecule has 3 aromatic rings. The maximum Gasteiger partial charge on any atom is 0.303 e. The number of aromatic nitrogens is 3. The van der Waals surface area contributed by atoms with E-state index in [0.29, 0.717) is 17.3 Å². The molecule has 0 bridgehead atoms. The predicted octanol–water partition coefficient (Wildman–Crippen LogP) is 4.90. The zero-order valence-electron chi connectivity index (χ0n) is 16.1. The number of imidazole rings is 1. The Morgan fingerprint density at radius 2 is 1.83 bits per heavy atom. The molecule has 1 aromatic carbocycles. The second-order valence-electron chi connectivity index (χ2n) is 6.92. The van der Waals surface area contributed by atoms with Gasteiger partial charge in [-0.2, -0.15) is 0 Å². The molecular weight excluding hydrogens is 396 g/mol. The number of aliphatic carboxylic acids is 1. The van der Waals surface area contributed by atoms with Crippen molar-refractivity contribution in [1.82, 2.24) is 14.5 Å². The standard InChI is InChI=1S/C21H21F2N3O2S/c1-13(2)20-21(29-17-10-15(22)9-16(23)11-17)26(12-14-5-7-24-8-6-14)18(25-20)3-4-19(27)28/h5-11,13H,3-4,12H2,1-2H3,(H,27,28). The first-order chi connectivity index (χ1) is 13.8. The van der Waals surface area contributed by atoms with Crippen molar-refractivity contribution in [2.45, 2.75) is 49.1 Å². The van der Waals surface area contributed by atoms with E-state index >= 15 is 0 Å². The number of aryl methyl sites for hydroxylation is 1. The quantitative estimate of drug-likeness (QED) is 0.565. The summed E-state index contributed by atoms with van der Waals surface area (Å²) in [7, 11) is 0. The molecule has 0 saturated carbocycles. The molecule has 0 spiro atoms. The summed E-state index contributed by atoms with van der Waals surface area (Å²) in [6, 6.07) is 7.12. The molecule has 0 saturated heterocycles. The van der Waals surface area contributed by atoms with E-state index in [2.05, 4.69) is 4.98 Å². The van der Waals surface area contributed by atoms with Crippen LogP contribution in [0.25, 0.3) is 0 Å². The number of hydrogen-bond acceptors (Lipinski definition) is 4. The van der Waals surface area contributed by atoms with Crippen molar-refractivity contribution in [3.8, 4) is 0 Å². The number of benzene rings is 1. The van der Waals surface area contributed by atoms with Crippen molar-refractivity contribution < 1.29 is 18.7 Å². The summed E-state index contributed by atoms with van der Waals surface area (Å²) < 4.78 is 29.3. The van der Waals surface area contributed by atoms with Gasteiger partial charge in [-0.15, -0.1) is 0 Å². The number of halogens is 2. The van der Waals surface area contributed by atoms with Crippen molar-refractivity contribution in [1.29, 1.82) is 0 Å². The van der Waals surface area contributed by atoms with Crippen molar-refractivity contribution in [3.05, 3.63) is 71.4 Å². The van der Waals surface area contributed by atoms with Crippen LogP contribution in [0.15, 0.2) is 52.6 Å². The summed E-state index contributed by atoms with van der Waals surface area (Å²) in [4.78, 5) is 20.2. The Hall–Kier alpha value is -2.74. The fourth-order valence-corrected chi connectivity index (χ4v) is 4.16. The molecule has 0 radical (unpaired) electrons. The Bertz CT molecular complexity index is 986. The van der Waals surface area contributed by atoms with Gasteiger partial charge in [-0.1, -0.05) is 25.6 Å². The maximum absolute atomic E-state index is 13.7. The minimum absolute atomic E-state index is 0.0520. The van der Waals surface area contributed by atoms with E-state index in [-0.39, 0.29) is 18.8 Å². The lowest BCUT2D eigenvalue weighted by Crippen LogP contribution is -2.09. The third-order valence-electron chi connectivity index (χ3n) is 4.28. The van der Waals surface area contributed by atoms with Gasteiger partial charge in [0.05, 0.1) is 12.1 Å². The van der Waals surface area contributed by atoms with Crippen molar-refractivity contribution in [2.75, 3.05) is 0 Å². The van der Waals surface area contributed by atoms with Gasteiger partial charge in [0.15, 0.2) is 0 Å². The monoisotopic (exact) mass is 417 g/mol. The molecule has 5 nitrogen and oxygen atoms in total. The number of carbonyl (C=O) groups is 1. The summed E-state index contributed by atoms with van der Waals surface area (Å²) in [6.07, 6.45) is 3.57. The summed E-state index contributed by atoms with van der Waals surface area (Å²) in [5, 5.41) is 9.86. The molecule has 29 heavy (non-hydrogen) atoms. The lowest BCUT2D eigenvalue weighted by atomic mass is 10.1. The average Bonchev–Trinajstić information content (AvgIpc) is 2.97. The third kappa shape index (κ3) is 5.41. The molecule has 3 rings (SSSR count). The number of pyridine rings is 1. The molecule has 152 valence electrons. The first kappa shape index (κ1) is 21.0. The second kappa shape index (κ2) is 9.17. The SMILES string of the molecule is CC(C)c1nc(CCC(=O)O)n(Cc2ccncc2)c1Sc1cc(F)cc(F)c1. The zero-order valence-corrected chi connectivity index (χ0v) is 16.9. The van der Waals surface area contributed by atoms with Gasteiger partial charge in [0.25, 0.3) is 0 Å². The van der Waals surface area contributed by atoms with E-state index in [9.17, 15) is 13.6 Å². The number of hydrogen-bond donors (Lipinski definition) is 1. The average molecular weight is 417 g/mol. The van der Waals surface area contributed by atoms with Crippen LogP contribution in [0.1, 0.15) is 43.3 Å². The number of carboxylic acids is 1. The summed E-state index contributed by atoms with van der Waals surface area (Å²) in [5.41, 5.74) is 1.74. The topological polar surface area (TPSA) is 68.0 Å². The third-order valence-corrected chi connectivity index (χ3v) is 5.37. The van der Waals surface area contributed by atoms with Crippen LogP contribution in [0.2, 0.25) is 0 Å². The Labute approximate surface area is 171 Å². The zero-order chi connectivity index (χ0) is 21.0. The van der Waals surface area contributed by atoms with Crippen LogP contribution in [0.3, 0.4) is 0 Å². The molecule has 8 heteroatoms. The van der Waals surface area contributed by atoms with E-state index in [4.69, 9.17) is 10.1 Å². The highest BCUT2D eigenvalue weighted by molar-refractivity contribution is 7.99. The van der Waals surface area contributed by atoms with Gasteiger partial charge in [0.1, 0.15) is 22.5 Å². The first-order valence-corrected chi connectivity index (χ1v) is 9.99. The lowest BCUT2D eigenvalue weighted by Gasteiger charge is -2.13. The van der Waals surface area contributed by atoms with Crippen molar-refractivity contribution >= 4 is 17.7 Å². The van der Waals surface area contributed by atoms with Gasteiger partial charge >= 0.3 is 5.97 Å². The highest BCUT2D eigenvalue weighted by Gasteiger charge is 2.21. The number of carboxylic acid groups (broad SMARTS) is 1. The van der Waals surface area contributed by atoms with Crippen LogP contribution in [0.4, 0.5) is 8.78 Å². The van der Waals surface area contributed by atoms with Gasteiger partial charge < -0.3 is 9.67 Å². The molecule has 0 fully saturated rings. The fourth-order valence-electron chi connectivity index (χ4n) is 2.93. The smallest absolute Gasteiger partial charge is 0.303 e. The fraction of sp³-hybridized carbons (Fsp3) is 0.286. The summed E-state index contributed by atoms with van der Waals surface area (Å²) in [5.74, 6) is -1.52. The lowest BCUT2D eigenvalue weighted by molar-refractivity contribution is -0.137. The minimum Gasteiger partial charge on any atom is -0.481 e. The van der Waals surface area contributed by atoms with Gasteiger partial charge in [0.2, 0.25) is 0 Å². The number of nitrogens with zero attached hydrogens (tertiary/aromatic N) is 3. The Morgan fingerprint density at radius 1 is 1.17 bits per heavy atom. The Kier molecular flexibility index (Phi) is 6.64. The largest absolute Gasteiger partial charge is 0.481 e. The van der Waals surface area contributed by atoms with Crippen molar-refractivity contribution in [3.63, 3.8) is 0 Å². The highest BCUT2D eigenvalue weighted by atomic mass is 32.2. The predicted molar refractivity (Wildman–Crippen MR) is 106 cm³/mol. The van der Waals surface area contributed by atoms with E-state index in [1.165, 1.54) is 23.9 Å². The molecule has 0 amide bonds. The van der Waals surface area contributed by atoms with Gasteiger partial charge in [-0.25, -0.2) is 13.8 Å². The Balaban J connectivity index is 2.08. The van der Waals surface area contributed by atoms with Gasteiger partial charge in [-0.3, -0.25) is 9.78 Å². The van der Waals surface area contributed by atoms with E-state index in [0.717, 1.165) is 22.3 Å². The van der Waals surface area contributed by atoms with Gasteiger partial charge in [0, 0.05) is 36.3 Å². The first-order valence-electron chi connectivity index (χ1n) is 9.17. The maximum atomic E-state index is 13.7. The van der Waals surface area contributed by atoms with Crippen LogP contribution in [0.5, 0.6) is 0 Å². The molecule has 0 aliphatic heterocycles. The van der Waals surface area contributed by atoms with Crippen molar-refractivity contribution in [2.24, 2.45) is 0 Å². The second-order valence-corrected chi connectivity index (χ2v) is 7.98. The normalized spacial score (nSPS) is 11.2. The molecule has 0 atom stereocenters. The van der Waals surface area contributed by atoms with Crippen LogP contribution >= 0.6 is 11.8 Å². The van der Waals surface area contributed by atoms with Crippen LogP contribution in [0, 0.1) is 11.6 Å². The Morgan fingerprint density at radius 3 is 2.41 bits per heavy atom. The van der Waals surface area contributed by atoms with Crippen LogP contribution in [-0.4, -0.2) is 25.6 Å². The molecule has 2 heterocycles. The summed E-state index contributed by atoms with van der Waals surface area (Å²) >= 11 is 1.23. The van der Waals surface area contributed by atoms with Crippen LogP contribution in [-0.2, 0) is 17.8 Å². The minimum atomic E-state index is -0.907. The van der Waals surface area contributed by atoms with Crippen LogP contribution < -0.4 is 0 Å². The molecule has 2 aromatic heterocycles. The molecule has 0 unspecified atom stereocenters. The van der Waals surface area contributed by atoms with E-state index < -0.39 is 17.6 Å². The molecule has 0 aliphatic carbocycles. The van der Waals surface area contributed by atoms with E-state index in [1.54, 1.807) is 12.4 Å². The highest BCUT2D eigenvalue weighted by Crippen LogP contribution is 2.36. The summed E-state index contributed by atoms with van der Waals surface area (Å²) in [6.45, 7) is 4.42.